The third-order valence-electron chi connectivity index (χ3n) is 4.34. The fourth-order valence-electron chi connectivity index (χ4n) is 2.86. The summed E-state index contributed by atoms with van der Waals surface area (Å²) in [5.74, 6) is 2.47. The van der Waals surface area contributed by atoms with Gasteiger partial charge in [-0.3, -0.25) is 0 Å². The van der Waals surface area contributed by atoms with Crippen molar-refractivity contribution in [3.8, 4) is 5.75 Å². The molecule has 0 atom stereocenters. The lowest BCUT2D eigenvalue weighted by Crippen LogP contribution is -2.35. The summed E-state index contributed by atoms with van der Waals surface area (Å²) in [4.78, 5) is 0. The number of hydrogen-bond donors (Lipinski definition) is 1. The van der Waals surface area contributed by atoms with Crippen LogP contribution in [-0.4, -0.2) is 19.2 Å². The molecular formula is C18H29NO. The number of ether oxygens (including phenoxy) is 1. The number of rotatable bonds is 6. The molecule has 0 unspecified atom stereocenters. The Morgan fingerprint density at radius 2 is 1.95 bits per heavy atom. The van der Waals surface area contributed by atoms with Crippen LogP contribution in [-0.2, 0) is 0 Å². The van der Waals surface area contributed by atoms with E-state index in [4.69, 9.17) is 4.74 Å². The fourth-order valence-corrected chi connectivity index (χ4v) is 2.86. The van der Waals surface area contributed by atoms with E-state index in [0.717, 1.165) is 24.8 Å². The van der Waals surface area contributed by atoms with Crippen LogP contribution in [0.15, 0.2) is 24.3 Å². The summed E-state index contributed by atoms with van der Waals surface area (Å²) < 4.78 is 5.85. The molecule has 0 spiro atoms. The van der Waals surface area contributed by atoms with E-state index in [1.54, 1.807) is 0 Å². The highest BCUT2D eigenvalue weighted by Crippen LogP contribution is 2.23. The first-order chi connectivity index (χ1) is 9.65. The third kappa shape index (κ3) is 4.82. The highest BCUT2D eigenvalue weighted by atomic mass is 16.5. The second-order valence-corrected chi connectivity index (χ2v) is 6.49. The van der Waals surface area contributed by atoms with Gasteiger partial charge in [-0.25, -0.2) is 0 Å². The van der Waals surface area contributed by atoms with Crippen LogP contribution in [0.3, 0.4) is 0 Å². The molecule has 1 saturated carbocycles. The van der Waals surface area contributed by atoms with Crippen molar-refractivity contribution in [2.45, 2.75) is 58.4 Å². The van der Waals surface area contributed by atoms with Gasteiger partial charge in [-0.1, -0.05) is 32.9 Å². The monoisotopic (exact) mass is 275 g/mol. The van der Waals surface area contributed by atoms with Crippen LogP contribution < -0.4 is 10.1 Å². The number of nitrogens with one attached hydrogen (secondary N) is 1. The summed E-state index contributed by atoms with van der Waals surface area (Å²) in [7, 11) is 0. The largest absolute Gasteiger partial charge is 0.492 e. The molecule has 0 saturated heterocycles. The first-order valence-electron chi connectivity index (χ1n) is 8.11. The zero-order chi connectivity index (χ0) is 14.4. The van der Waals surface area contributed by atoms with Crippen molar-refractivity contribution in [3.63, 3.8) is 0 Å². The molecule has 0 radical (unpaired) electrons. The average molecular weight is 275 g/mol. The van der Waals surface area contributed by atoms with Gasteiger partial charge in [-0.15, -0.1) is 0 Å². The quantitative estimate of drug-likeness (QED) is 0.779. The summed E-state index contributed by atoms with van der Waals surface area (Å²) in [5.41, 5.74) is 1.34. The SMILES string of the molecule is CC1CCC(NCCOc2cccc(C(C)C)c2)CC1. The molecule has 0 aliphatic heterocycles. The summed E-state index contributed by atoms with van der Waals surface area (Å²) in [6.45, 7) is 8.50. The molecule has 1 N–H and O–H groups in total. The Bertz CT molecular complexity index is 394. The molecule has 20 heavy (non-hydrogen) atoms. The molecule has 1 fully saturated rings. The van der Waals surface area contributed by atoms with Crippen molar-refractivity contribution < 1.29 is 4.74 Å². The van der Waals surface area contributed by atoms with E-state index in [0.29, 0.717) is 12.0 Å². The predicted molar refractivity (Wildman–Crippen MR) is 85.4 cm³/mol. The predicted octanol–water partition coefficient (Wildman–Crippen LogP) is 4.36. The Morgan fingerprint density at radius 3 is 2.65 bits per heavy atom. The maximum atomic E-state index is 5.85. The van der Waals surface area contributed by atoms with E-state index in [1.165, 1.54) is 31.2 Å². The summed E-state index contributed by atoms with van der Waals surface area (Å²) in [6.07, 6.45) is 5.39. The molecule has 0 bridgehead atoms. The van der Waals surface area contributed by atoms with Gasteiger partial charge >= 0.3 is 0 Å². The second-order valence-electron chi connectivity index (χ2n) is 6.49. The van der Waals surface area contributed by atoms with E-state index in [2.05, 4.69) is 44.3 Å². The van der Waals surface area contributed by atoms with Gasteiger partial charge in [0, 0.05) is 12.6 Å². The summed E-state index contributed by atoms with van der Waals surface area (Å²) in [5, 5.41) is 3.62. The van der Waals surface area contributed by atoms with Gasteiger partial charge in [0.1, 0.15) is 12.4 Å². The van der Waals surface area contributed by atoms with E-state index in [9.17, 15) is 0 Å². The van der Waals surface area contributed by atoms with Gasteiger partial charge in [0.2, 0.25) is 0 Å². The van der Waals surface area contributed by atoms with Crippen LogP contribution in [0.5, 0.6) is 5.75 Å². The second kappa shape index (κ2) is 7.68. The molecule has 1 aliphatic rings. The molecule has 2 heteroatoms. The molecule has 0 amide bonds. The minimum absolute atomic E-state index is 0.556. The fraction of sp³-hybridized carbons (Fsp3) is 0.667. The van der Waals surface area contributed by atoms with Crippen molar-refractivity contribution in [2.24, 2.45) is 5.92 Å². The van der Waals surface area contributed by atoms with Crippen LogP contribution in [0.25, 0.3) is 0 Å². The third-order valence-corrected chi connectivity index (χ3v) is 4.34. The molecule has 112 valence electrons. The highest BCUT2D eigenvalue weighted by molar-refractivity contribution is 5.30. The molecular weight excluding hydrogens is 246 g/mol. The van der Waals surface area contributed by atoms with Crippen LogP contribution in [0, 0.1) is 5.92 Å². The van der Waals surface area contributed by atoms with Crippen LogP contribution >= 0.6 is 0 Å². The Morgan fingerprint density at radius 1 is 1.20 bits per heavy atom. The molecule has 0 aromatic heterocycles. The standard InChI is InChI=1S/C18H29NO/c1-14(2)16-5-4-6-18(13-16)20-12-11-19-17-9-7-15(3)8-10-17/h4-6,13-15,17,19H,7-12H2,1-3H3. The lowest BCUT2D eigenvalue weighted by Gasteiger charge is -2.27. The maximum absolute atomic E-state index is 5.85. The highest BCUT2D eigenvalue weighted by Gasteiger charge is 2.17. The Hall–Kier alpha value is -1.02. The minimum atomic E-state index is 0.556. The van der Waals surface area contributed by atoms with Crippen molar-refractivity contribution in [1.29, 1.82) is 0 Å². The normalized spacial score (nSPS) is 23.0. The van der Waals surface area contributed by atoms with Gasteiger partial charge in [-0.05, 0) is 55.2 Å². The Labute approximate surface area is 123 Å². The molecule has 1 aromatic rings. The van der Waals surface area contributed by atoms with Gasteiger partial charge in [0.25, 0.3) is 0 Å². The van der Waals surface area contributed by atoms with E-state index >= 15 is 0 Å². The average Bonchev–Trinajstić information content (AvgIpc) is 2.46. The van der Waals surface area contributed by atoms with Crippen LogP contribution in [0.4, 0.5) is 0 Å². The first kappa shape index (κ1) is 15.4. The molecule has 1 aliphatic carbocycles. The topological polar surface area (TPSA) is 21.3 Å². The van der Waals surface area contributed by atoms with Gasteiger partial charge < -0.3 is 10.1 Å². The van der Waals surface area contributed by atoms with Crippen molar-refractivity contribution in [1.82, 2.24) is 5.32 Å². The molecule has 2 nitrogen and oxygen atoms in total. The molecule has 1 aromatic carbocycles. The van der Waals surface area contributed by atoms with E-state index in [1.807, 2.05) is 6.07 Å². The smallest absolute Gasteiger partial charge is 0.119 e. The molecule has 2 rings (SSSR count). The summed E-state index contributed by atoms with van der Waals surface area (Å²) >= 11 is 0. The van der Waals surface area contributed by atoms with Crippen molar-refractivity contribution in [3.05, 3.63) is 29.8 Å². The summed E-state index contributed by atoms with van der Waals surface area (Å²) in [6, 6.07) is 9.16. The molecule has 0 heterocycles. The Kier molecular flexibility index (Phi) is 5.90. The van der Waals surface area contributed by atoms with Gasteiger partial charge in [-0.2, -0.15) is 0 Å². The number of hydrogen-bond acceptors (Lipinski definition) is 2. The maximum Gasteiger partial charge on any atom is 0.119 e. The Balaban J connectivity index is 1.67. The number of benzene rings is 1. The van der Waals surface area contributed by atoms with E-state index in [-0.39, 0.29) is 0 Å². The minimum Gasteiger partial charge on any atom is -0.492 e. The van der Waals surface area contributed by atoms with Crippen LogP contribution in [0.2, 0.25) is 0 Å². The lowest BCUT2D eigenvalue weighted by molar-refractivity contribution is 0.270. The first-order valence-corrected chi connectivity index (χ1v) is 8.11. The van der Waals surface area contributed by atoms with Gasteiger partial charge in [0.05, 0.1) is 0 Å². The van der Waals surface area contributed by atoms with Crippen molar-refractivity contribution >= 4 is 0 Å². The van der Waals surface area contributed by atoms with Gasteiger partial charge in [0.15, 0.2) is 0 Å². The van der Waals surface area contributed by atoms with Crippen LogP contribution in [0.1, 0.15) is 57.9 Å². The lowest BCUT2D eigenvalue weighted by atomic mass is 9.87. The zero-order valence-corrected chi connectivity index (χ0v) is 13.2. The van der Waals surface area contributed by atoms with Crippen molar-refractivity contribution in [2.75, 3.05) is 13.2 Å². The van der Waals surface area contributed by atoms with E-state index < -0.39 is 0 Å². The zero-order valence-electron chi connectivity index (χ0n) is 13.2.